The number of benzene rings is 1. The lowest BCUT2D eigenvalue weighted by Gasteiger charge is -2.10. The first kappa shape index (κ1) is 14.3. The van der Waals surface area contributed by atoms with Crippen molar-refractivity contribution in [3.8, 4) is 11.8 Å². The minimum Gasteiger partial charge on any atom is -0.384 e. The molecule has 3 nitrogen and oxygen atoms in total. The summed E-state index contributed by atoms with van der Waals surface area (Å²) >= 11 is 0. The first-order valence-corrected chi connectivity index (χ1v) is 6.16. The average Bonchev–Trinajstić information content (AvgIpc) is 2.37. The molecule has 1 atom stereocenters. The number of aliphatic hydroxyl groups excluding tert-OH is 1. The number of carbonyl (C=O) groups is 1. The van der Waals surface area contributed by atoms with E-state index in [2.05, 4.69) is 31.0 Å². The third kappa shape index (κ3) is 4.60. The third-order valence-corrected chi connectivity index (χ3v) is 2.73. The second-order valence-electron chi connectivity index (χ2n) is 4.27. The zero-order chi connectivity index (χ0) is 13.4. The third-order valence-electron chi connectivity index (χ3n) is 2.73. The zero-order valence-corrected chi connectivity index (χ0v) is 10.9. The Morgan fingerprint density at radius 2 is 2.17 bits per heavy atom. The van der Waals surface area contributed by atoms with Gasteiger partial charge in [0.15, 0.2) is 0 Å². The Morgan fingerprint density at radius 3 is 2.83 bits per heavy atom. The Hall–Kier alpha value is -1.79. The second kappa shape index (κ2) is 7.52. The van der Waals surface area contributed by atoms with Gasteiger partial charge in [0.05, 0.1) is 5.69 Å². The molecule has 0 saturated carbocycles. The van der Waals surface area contributed by atoms with E-state index in [1.807, 2.05) is 24.3 Å². The van der Waals surface area contributed by atoms with Crippen molar-refractivity contribution in [2.75, 3.05) is 11.9 Å². The van der Waals surface area contributed by atoms with Gasteiger partial charge in [-0.25, -0.2) is 0 Å². The molecule has 0 aliphatic carbocycles. The molecule has 0 spiro atoms. The van der Waals surface area contributed by atoms with Gasteiger partial charge in [-0.1, -0.05) is 44.2 Å². The van der Waals surface area contributed by atoms with Crippen molar-refractivity contribution in [2.45, 2.75) is 26.7 Å². The van der Waals surface area contributed by atoms with Crippen LogP contribution in [0.1, 0.15) is 32.3 Å². The van der Waals surface area contributed by atoms with E-state index in [4.69, 9.17) is 5.11 Å². The first-order chi connectivity index (χ1) is 8.67. The van der Waals surface area contributed by atoms with E-state index in [1.165, 1.54) is 0 Å². The number of rotatable bonds is 4. The fourth-order valence-corrected chi connectivity index (χ4v) is 1.50. The average molecular weight is 245 g/mol. The summed E-state index contributed by atoms with van der Waals surface area (Å²) in [5, 5.41) is 11.6. The predicted molar refractivity (Wildman–Crippen MR) is 73.1 cm³/mol. The second-order valence-corrected chi connectivity index (χ2v) is 4.27. The molecule has 0 fully saturated rings. The van der Waals surface area contributed by atoms with Crippen molar-refractivity contribution in [3.05, 3.63) is 29.8 Å². The molecule has 3 heteroatoms. The van der Waals surface area contributed by atoms with Gasteiger partial charge in [-0.15, -0.1) is 0 Å². The molecule has 1 unspecified atom stereocenters. The van der Waals surface area contributed by atoms with Crippen molar-refractivity contribution in [1.29, 1.82) is 0 Å². The maximum absolute atomic E-state index is 11.8. The van der Waals surface area contributed by atoms with Gasteiger partial charge in [0.25, 0.3) is 0 Å². The van der Waals surface area contributed by atoms with E-state index < -0.39 is 0 Å². The van der Waals surface area contributed by atoms with Crippen LogP contribution in [0.4, 0.5) is 5.69 Å². The van der Waals surface area contributed by atoms with E-state index in [-0.39, 0.29) is 12.5 Å². The smallest absolute Gasteiger partial charge is 0.224 e. The van der Waals surface area contributed by atoms with Crippen LogP contribution in [0.3, 0.4) is 0 Å². The molecule has 0 radical (unpaired) electrons. The summed E-state index contributed by atoms with van der Waals surface area (Å²) in [6, 6.07) is 7.34. The van der Waals surface area contributed by atoms with Crippen LogP contribution in [-0.4, -0.2) is 17.6 Å². The SMILES string of the molecule is CCC(C)CC(=O)Nc1ccccc1C#CCO. The molecule has 18 heavy (non-hydrogen) atoms. The Bertz CT molecular complexity index is 457. The van der Waals surface area contributed by atoms with E-state index in [0.29, 0.717) is 18.0 Å². The van der Waals surface area contributed by atoms with E-state index in [0.717, 1.165) is 12.0 Å². The lowest BCUT2D eigenvalue weighted by Crippen LogP contribution is -2.15. The Labute approximate surface area is 108 Å². The highest BCUT2D eigenvalue weighted by Crippen LogP contribution is 2.15. The van der Waals surface area contributed by atoms with Gasteiger partial charge in [0, 0.05) is 12.0 Å². The minimum atomic E-state index is -0.185. The predicted octanol–water partition coefficient (Wildman–Crippen LogP) is 2.41. The maximum Gasteiger partial charge on any atom is 0.224 e. The van der Waals surface area contributed by atoms with Gasteiger partial charge >= 0.3 is 0 Å². The zero-order valence-electron chi connectivity index (χ0n) is 10.9. The van der Waals surface area contributed by atoms with Gasteiger partial charge < -0.3 is 10.4 Å². The van der Waals surface area contributed by atoms with Crippen molar-refractivity contribution >= 4 is 11.6 Å². The van der Waals surface area contributed by atoms with Crippen LogP contribution in [0.25, 0.3) is 0 Å². The quantitative estimate of drug-likeness (QED) is 0.800. The lowest BCUT2D eigenvalue weighted by molar-refractivity contribution is -0.117. The van der Waals surface area contributed by atoms with Crippen LogP contribution in [0.2, 0.25) is 0 Å². The highest BCUT2D eigenvalue weighted by molar-refractivity contribution is 5.92. The van der Waals surface area contributed by atoms with Crippen molar-refractivity contribution < 1.29 is 9.90 Å². The molecule has 1 rings (SSSR count). The number of nitrogens with one attached hydrogen (secondary N) is 1. The molecular formula is C15H19NO2. The summed E-state index contributed by atoms with van der Waals surface area (Å²) in [4.78, 5) is 11.8. The molecule has 0 bridgehead atoms. The molecule has 1 aromatic carbocycles. The Kier molecular flexibility index (Phi) is 5.96. The van der Waals surface area contributed by atoms with E-state index in [9.17, 15) is 4.79 Å². The molecule has 0 saturated heterocycles. The normalized spacial score (nSPS) is 11.3. The van der Waals surface area contributed by atoms with Crippen LogP contribution in [0.15, 0.2) is 24.3 Å². The Morgan fingerprint density at radius 1 is 1.44 bits per heavy atom. The summed E-state index contributed by atoms with van der Waals surface area (Å²) in [7, 11) is 0. The fraction of sp³-hybridized carbons (Fsp3) is 0.400. The Balaban J connectivity index is 2.75. The topological polar surface area (TPSA) is 49.3 Å². The van der Waals surface area contributed by atoms with E-state index in [1.54, 1.807) is 0 Å². The molecule has 2 N–H and O–H groups in total. The van der Waals surface area contributed by atoms with Crippen LogP contribution in [0.5, 0.6) is 0 Å². The van der Waals surface area contributed by atoms with Crippen molar-refractivity contribution in [2.24, 2.45) is 5.92 Å². The van der Waals surface area contributed by atoms with Gasteiger partial charge in [-0.2, -0.15) is 0 Å². The van der Waals surface area contributed by atoms with Gasteiger partial charge in [-0.05, 0) is 18.1 Å². The summed E-state index contributed by atoms with van der Waals surface area (Å²) in [6.45, 7) is 3.94. The molecule has 1 amide bonds. The molecule has 0 aromatic heterocycles. The number of para-hydroxylation sites is 1. The standard InChI is InChI=1S/C15H19NO2/c1-3-12(2)11-15(18)16-14-9-5-4-7-13(14)8-6-10-17/h4-5,7,9,12,17H,3,10-11H2,1-2H3,(H,16,18). The molecule has 0 aliphatic rings. The summed E-state index contributed by atoms with van der Waals surface area (Å²) in [6.07, 6.45) is 1.50. The monoisotopic (exact) mass is 245 g/mol. The largest absolute Gasteiger partial charge is 0.384 e. The number of anilines is 1. The molecule has 0 aliphatic heterocycles. The number of hydrogen-bond acceptors (Lipinski definition) is 2. The van der Waals surface area contributed by atoms with Crippen molar-refractivity contribution in [1.82, 2.24) is 0 Å². The lowest BCUT2D eigenvalue weighted by atomic mass is 10.0. The maximum atomic E-state index is 11.8. The summed E-state index contributed by atoms with van der Waals surface area (Å²) < 4.78 is 0. The first-order valence-electron chi connectivity index (χ1n) is 6.16. The number of carbonyl (C=O) groups excluding carboxylic acids is 1. The minimum absolute atomic E-state index is 0.00241. The summed E-state index contributed by atoms with van der Waals surface area (Å²) in [5.74, 6) is 5.78. The molecule has 1 aromatic rings. The number of amides is 1. The van der Waals surface area contributed by atoms with Crippen LogP contribution < -0.4 is 5.32 Å². The number of aliphatic hydroxyl groups is 1. The van der Waals surface area contributed by atoms with Crippen LogP contribution in [-0.2, 0) is 4.79 Å². The van der Waals surface area contributed by atoms with Crippen LogP contribution >= 0.6 is 0 Å². The highest BCUT2D eigenvalue weighted by atomic mass is 16.2. The van der Waals surface area contributed by atoms with Gasteiger partial charge in [0.1, 0.15) is 6.61 Å². The molecule has 96 valence electrons. The number of hydrogen-bond donors (Lipinski definition) is 2. The van der Waals surface area contributed by atoms with Gasteiger partial charge in [0.2, 0.25) is 5.91 Å². The van der Waals surface area contributed by atoms with Crippen molar-refractivity contribution in [3.63, 3.8) is 0 Å². The highest BCUT2D eigenvalue weighted by Gasteiger charge is 2.08. The van der Waals surface area contributed by atoms with Gasteiger partial charge in [-0.3, -0.25) is 4.79 Å². The molecule has 0 heterocycles. The van der Waals surface area contributed by atoms with Crippen LogP contribution in [0, 0.1) is 17.8 Å². The van der Waals surface area contributed by atoms with E-state index >= 15 is 0 Å². The fourth-order valence-electron chi connectivity index (χ4n) is 1.50. The summed E-state index contributed by atoms with van der Waals surface area (Å²) in [5.41, 5.74) is 1.43. The molecular weight excluding hydrogens is 226 g/mol.